The molecule has 1 saturated carbocycles. The van der Waals surface area contributed by atoms with Gasteiger partial charge in [-0.05, 0) is 61.9 Å². The largest absolute Gasteiger partial charge is 0.362 e. The lowest BCUT2D eigenvalue weighted by Gasteiger charge is -2.30. The molecule has 3 aromatic rings. The summed E-state index contributed by atoms with van der Waals surface area (Å²) in [4.78, 5) is 11.5. The molecule has 2 N–H and O–H groups in total. The van der Waals surface area contributed by atoms with E-state index in [-0.39, 0.29) is 5.82 Å². The summed E-state index contributed by atoms with van der Waals surface area (Å²) in [7, 11) is 4.02. The topological polar surface area (TPSA) is 53.1 Å². The van der Waals surface area contributed by atoms with Crippen LogP contribution >= 0.6 is 0 Å². The highest BCUT2D eigenvalue weighted by atomic mass is 19.1. The number of hydrogen-bond donors (Lipinski definition) is 2. The number of halogens is 1. The summed E-state index contributed by atoms with van der Waals surface area (Å²) in [5.41, 5.74) is 2.74. The smallest absolute Gasteiger partial charge is 0.225 e. The van der Waals surface area contributed by atoms with Crippen LogP contribution in [-0.4, -0.2) is 36.1 Å². The molecular formula is C24H30FN5. The highest BCUT2D eigenvalue weighted by Gasteiger charge is 2.22. The maximum absolute atomic E-state index is 13.7. The SMILES string of the molecule is Cc1c(F)cccc1CNC1CCC(Nc2nc(N(C)C)c3ccccc3n2)CC1. The first-order valence-electron chi connectivity index (χ1n) is 10.7. The van der Waals surface area contributed by atoms with E-state index in [2.05, 4.69) is 16.7 Å². The van der Waals surface area contributed by atoms with E-state index in [9.17, 15) is 4.39 Å². The number of benzene rings is 2. The molecule has 0 saturated heterocycles. The van der Waals surface area contributed by atoms with Crippen LogP contribution in [0.25, 0.3) is 10.9 Å². The van der Waals surface area contributed by atoms with Gasteiger partial charge in [0, 0.05) is 38.1 Å². The molecule has 5 nitrogen and oxygen atoms in total. The molecular weight excluding hydrogens is 377 g/mol. The average Bonchev–Trinajstić information content (AvgIpc) is 2.75. The van der Waals surface area contributed by atoms with Crippen molar-refractivity contribution in [3.05, 3.63) is 59.4 Å². The molecule has 2 aromatic carbocycles. The standard InChI is InChI=1S/C24H30FN5/c1-16-17(7-6-9-21(16)25)15-26-18-11-13-19(14-12-18)27-24-28-22-10-5-4-8-20(22)23(29-24)30(2)3/h4-10,18-19,26H,11-15H2,1-3H3,(H,27,28,29). The van der Waals surface area contributed by atoms with Crippen molar-refractivity contribution < 1.29 is 4.39 Å². The molecule has 1 heterocycles. The first-order chi connectivity index (χ1) is 14.5. The Morgan fingerprint density at radius 1 is 0.967 bits per heavy atom. The van der Waals surface area contributed by atoms with Crippen LogP contribution in [0.15, 0.2) is 42.5 Å². The van der Waals surface area contributed by atoms with Crippen molar-refractivity contribution in [2.45, 2.75) is 51.2 Å². The molecule has 0 amide bonds. The van der Waals surface area contributed by atoms with Crippen molar-refractivity contribution >= 4 is 22.7 Å². The summed E-state index contributed by atoms with van der Waals surface area (Å²) in [6.45, 7) is 2.56. The minimum absolute atomic E-state index is 0.130. The lowest BCUT2D eigenvalue weighted by Crippen LogP contribution is -2.37. The number of rotatable bonds is 6. The van der Waals surface area contributed by atoms with E-state index in [4.69, 9.17) is 9.97 Å². The van der Waals surface area contributed by atoms with Gasteiger partial charge in [0.1, 0.15) is 11.6 Å². The van der Waals surface area contributed by atoms with E-state index in [1.807, 2.05) is 50.2 Å². The van der Waals surface area contributed by atoms with Crippen molar-refractivity contribution in [3.8, 4) is 0 Å². The summed E-state index contributed by atoms with van der Waals surface area (Å²) >= 11 is 0. The fourth-order valence-corrected chi connectivity index (χ4v) is 4.19. The molecule has 4 rings (SSSR count). The van der Waals surface area contributed by atoms with Gasteiger partial charge in [0.25, 0.3) is 0 Å². The molecule has 0 spiro atoms. The van der Waals surface area contributed by atoms with Crippen LogP contribution in [0.2, 0.25) is 0 Å². The number of para-hydroxylation sites is 1. The number of hydrogen-bond acceptors (Lipinski definition) is 5. The Labute approximate surface area is 177 Å². The number of aromatic nitrogens is 2. The summed E-state index contributed by atoms with van der Waals surface area (Å²) in [5, 5.41) is 8.22. The Kier molecular flexibility index (Phi) is 6.13. The number of anilines is 2. The maximum atomic E-state index is 13.7. The van der Waals surface area contributed by atoms with Gasteiger partial charge < -0.3 is 15.5 Å². The first-order valence-corrected chi connectivity index (χ1v) is 10.7. The molecule has 158 valence electrons. The summed E-state index contributed by atoms with van der Waals surface area (Å²) < 4.78 is 13.7. The fraction of sp³-hybridized carbons (Fsp3) is 0.417. The molecule has 6 heteroatoms. The van der Waals surface area contributed by atoms with Gasteiger partial charge in [-0.15, -0.1) is 0 Å². The van der Waals surface area contributed by atoms with E-state index >= 15 is 0 Å². The minimum atomic E-state index is -0.130. The Morgan fingerprint density at radius 2 is 1.70 bits per heavy atom. The Balaban J connectivity index is 1.35. The third kappa shape index (κ3) is 4.54. The zero-order valence-corrected chi connectivity index (χ0v) is 18.0. The molecule has 0 bridgehead atoms. The van der Waals surface area contributed by atoms with Crippen molar-refractivity contribution in [2.75, 3.05) is 24.3 Å². The zero-order chi connectivity index (χ0) is 21.1. The van der Waals surface area contributed by atoms with Crippen LogP contribution < -0.4 is 15.5 Å². The molecule has 1 aliphatic rings. The summed E-state index contributed by atoms with van der Waals surface area (Å²) in [5.74, 6) is 1.50. The third-order valence-corrected chi connectivity index (χ3v) is 6.03. The predicted octanol–water partition coefficient (Wildman–Crippen LogP) is 4.66. The molecule has 1 aromatic heterocycles. The summed E-state index contributed by atoms with van der Waals surface area (Å²) in [6, 6.07) is 14.3. The van der Waals surface area contributed by atoms with Crippen molar-refractivity contribution in [1.29, 1.82) is 0 Å². The number of fused-ring (bicyclic) bond motifs is 1. The van der Waals surface area contributed by atoms with Gasteiger partial charge in [0.2, 0.25) is 5.95 Å². The summed E-state index contributed by atoms with van der Waals surface area (Å²) in [6.07, 6.45) is 4.29. The normalized spacial score (nSPS) is 19.1. The number of nitrogens with zero attached hydrogens (tertiary/aromatic N) is 3. The van der Waals surface area contributed by atoms with Gasteiger partial charge in [-0.1, -0.05) is 24.3 Å². The van der Waals surface area contributed by atoms with Gasteiger partial charge >= 0.3 is 0 Å². The van der Waals surface area contributed by atoms with E-state index in [0.29, 0.717) is 24.6 Å². The fourth-order valence-electron chi connectivity index (χ4n) is 4.19. The van der Waals surface area contributed by atoms with Crippen molar-refractivity contribution in [1.82, 2.24) is 15.3 Å². The predicted molar refractivity (Wildman–Crippen MR) is 122 cm³/mol. The first kappa shape index (κ1) is 20.5. The molecule has 0 radical (unpaired) electrons. The molecule has 0 aliphatic heterocycles. The maximum Gasteiger partial charge on any atom is 0.225 e. The monoisotopic (exact) mass is 407 g/mol. The Bertz CT molecular complexity index is 1010. The van der Waals surface area contributed by atoms with Gasteiger partial charge in [-0.25, -0.2) is 9.37 Å². The van der Waals surface area contributed by atoms with Crippen molar-refractivity contribution in [3.63, 3.8) is 0 Å². The van der Waals surface area contributed by atoms with E-state index in [0.717, 1.165) is 53.5 Å². The minimum Gasteiger partial charge on any atom is -0.362 e. The molecule has 0 unspecified atom stereocenters. The molecule has 1 fully saturated rings. The van der Waals surface area contributed by atoms with Crippen LogP contribution in [0.1, 0.15) is 36.8 Å². The Hall–Kier alpha value is -2.73. The van der Waals surface area contributed by atoms with E-state index < -0.39 is 0 Å². The van der Waals surface area contributed by atoms with Crippen LogP contribution in [0.4, 0.5) is 16.2 Å². The lowest BCUT2D eigenvalue weighted by atomic mass is 9.91. The van der Waals surface area contributed by atoms with E-state index in [1.54, 1.807) is 6.07 Å². The van der Waals surface area contributed by atoms with Gasteiger partial charge in [-0.2, -0.15) is 4.98 Å². The Morgan fingerprint density at radius 3 is 2.47 bits per heavy atom. The molecule has 0 atom stereocenters. The van der Waals surface area contributed by atoms with Gasteiger partial charge in [0.05, 0.1) is 5.52 Å². The second-order valence-electron chi connectivity index (χ2n) is 8.38. The molecule has 30 heavy (non-hydrogen) atoms. The second-order valence-corrected chi connectivity index (χ2v) is 8.38. The average molecular weight is 408 g/mol. The van der Waals surface area contributed by atoms with Crippen LogP contribution in [0, 0.1) is 12.7 Å². The highest BCUT2D eigenvalue weighted by Crippen LogP contribution is 2.26. The van der Waals surface area contributed by atoms with E-state index in [1.165, 1.54) is 6.07 Å². The lowest BCUT2D eigenvalue weighted by molar-refractivity contribution is 0.352. The molecule has 1 aliphatic carbocycles. The quantitative estimate of drug-likeness (QED) is 0.623. The van der Waals surface area contributed by atoms with Gasteiger partial charge in [0.15, 0.2) is 0 Å². The van der Waals surface area contributed by atoms with Crippen LogP contribution in [0.5, 0.6) is 0 Å². The van der Waals surface area contributed by atoms with Crippen LogP contribution in [-0.2, 0) is 6.54 Å². The van der Waals surface area contributed by atoms with Gasteiger partial charge in [-0.3, -0.25) is 0 Å². The van der Waals surface area contributed by atoms with Crippen molar-refractivity contribution in [2.24, 2.45) is 0 Å². The third-order valence-electron chi connectivity index (χ3n) is 6.03. The second kappa shape index (κ2) is 8.96. The van der Waals surface area contributed by atoms with Crippen LogP contribution in [0.3, 0.4) is 0 Å². The number of nitrogens with one attached hydrogen (secondary N) is 2. The zero-order valence-electron chi connectivity index (χ0n) is 18.0. The highest BCUT2D eigenvalue weighted by molar-refractivity contribution is 5.90.